The molecule has 0 fully saturated rings. The first-order chi connectivity index (χ1) is 10.6. The molecule has 0 atom stereocenters. The Kier molecular flexibility index (Phi) is 16.6. The Hall–Kier alpha value is 0.427. The Balaban J connectivity index is 3.00. The minimum atomic E-state index is -2.29. The molecule has 134 valence electrons. The molecule has 0 aliphatic carbocycles. The molecule has 4 N–H and O–H groups in total. The van der Waals surface area contributed by atoms with Gasteiger partial charge in [0.2, 0.25) is 0 Å². The van der Waals surface area contributed by atoms with Gasteiger partial charge in [0, 0.05) is 0 Å². The van der Waals surface area contributed by atoms with Crippen molar-refractivity contribution in [1.82, 2.24) is 0 Å². The van der Waals surface area contributed by atoms with Crippen LogP contribution in [0, 0.1) is 0 Å². The zero-order valence-electron chi connectivity index (χ0n) is 15.1. The molecule has 0 saturated heterocycles. The van der Waals surface area contributed by atoms with E-state index in [4.69, 9.17) is 21.9 Å². The number of halogens is 1. The first-order valence-corrected chi connectivity index (χ1v) is 13.2. The van der Waals surface area contributed by atoms with Gasteiger partial charge in [-0.25, -0.2) is 0 Å². The zero-order chi connectivity index (χ0) is 16.5. The van der Waals surface area contributed by atoms with Gasteiger partial charge in [-0.2, -0.15) is 0 Å². The third-order valence-electron chi connectivity index (χ3n) is 4.41. The summed E-state index contributed by atoms with van der Waals surface area (Å²) in [7, 11) is -2.29. The SMILES string of the molecule is CCCCCCCCCCCCCCCCCC[Si](N)(N)Cl. The number of unbranched alkanes of at least 4 members (excludes halogenated alkanes) is 15. The molecule has 0 spiro atoms. The van der Waals surface area contributed by atoms with Crippen molar-refractivity contribution in [2.75, 3.05) is 0 Å². The van der Waals surface area contributed by atoms with Crippen LogP contribution in [0.15, 0.2) is 0 Å². The first-order valence-electron chi connectivity index (χ1n) is 9.83. The summed E-state index contributed by atoms with van der Waals surface area (Å²) in [5, 5.41) is 11.4. The molecule has 0 aromatic rings. The number of hydrogen-bond acceptors (Lipinski definition) is 2. The van der Waals surface area contributed by atoms with Crippen molar-refractivity contribution in [3.63, 3.8) is 0 Å². The van der Waals surface area contributed by atoms with Crippen LogP contribution in [-0.2, 0) is 0 Å². The fraction of sp³-hybridized carbons (Fsp3) is 1.00. The maximum atomic E-state index is 5.89. The second-order valence-electron chi connectivity index (χ2n) is 6.98. The van der Waals surface area contributed by atoms with E-state index in [2.05, 4.69) is 6.92 Å². The van der Waals surface area contributed by atoms with Gasteiger partial charge in [0.15, 0.2) is 0 Å². The summed E-state index contributed by atoms with van der Waals surface area (Å²) in [5.74, 6) is 0. The maximum absolute atomic E-state index is 5.89. The van der Waals surface area contributed by atoms with Crippen LogP contribution in [0.25, 0.3) is 0 Å². The molecule has 22 heavy (non-hydrogen) atoms. The average Bonchev–Trinajstić information content (AvgIpc) is 2.45. The quantitative estimate of drug-likeness (QED) is 0.183. The maximum Gasteiger partial charge on any atom is 0.297 e. The number of rotatable bonds is 17. The Morgan fingerprint density at radius 1 is 0.545 bits per heavy atom. The number of nitrogens with two attached hydrogens (primary N) is 2. The van der Waals surface area contributed by atoms with Crippen LogP contribution in [0.1, 0.15) is 110 Å². The summed E-state index contributed by atoms with van der Waals surface area (Å²) < 4.78 is 0. The fourth-order valence-electron chi connectivity index (χ4n) is 2.94. The van der Waals surface area contributed by atoms with Gasteiger partial charge >= 0.3 is 0 Å². The molecule has 0 aliphatic heterocycles. The van der Waals surface area contributed by atoms with Crippen molar-refractivity contribution in [2.45, 2.75) is 116 Å². The lowest BCUT2D eigenvalue weighted by Gasteiger charge is -2.10. The van der Waals surface area contributed by atoms with E-state index < -0.39 is 7.71 Å². The molecule has 0 saturated carbocycles. The lowest BCUT2D eigenvalue weighted by atomic mass is 10.0. The predicted molar refractivity (Wildman–Crippen MR) is 104 cm³/mol. The standard InChI is InChI=1S/C18H41ClN2Si/c1-2-3-4-5-6-7-8-9-10-11-12-13-14-15-16-17-18-22(19,20)21/h2-18,20-21H2,1H3. The predicted octanol–water partition coefficient (Wildman–Crippen LogP) is 6.34. The van der Waals surface area contributed by atoms with E-state index in [1.165, 1.54) is 96.3 Å². The van der Waals surface area contributed by atoms with Gasteiger partial charge in [0.25, 0.3) is 7.71 Å². The average molecular weight is 349 g/mol. The molecule has 0 aliphatic rings. The molecule has 4 heteroatoms. The van der Waals surface area contributed by atoms with Crippen molar-refractivity contribution in [1.29, 1.82) is 0 Å². The van der Waals surface area contributed by atoms with Gasteiger partial charge in [-0.3, -0.25) is 0 Å². The van der Waals surface area contributed by atoms with Crippen LogP contribution in [-0.4, -0.2) is 7.71 Å². The Labute approximate surface area is 145 Å². The van der Waals surface area contributed by atoms with Crippen LogP contribution in [0.4, 0.5) is 0 Å². The molecule has 0 radical (unpaired) electrons. The Morgan fingerprint density at radius 2 is 0.818 bits per heavy atom. The highest BCUT2D eigenvalue weighted by molar-refractivity contribution is 7.16. The van der Waals surface area contributed by atoms with Crippen LogP contribution < -0.4 is 10.8 Å². The highest BCUT2D eigenvalue weighted by Gasteiger charge is 2.18. The van der Waals surface area contributed by atoms with Gasteiger partial charge in [-0.1, -0.05) is 110 Å². The van der Waals surface area contributed by atoms with Crippen molar-refractivity contribution in [3.05, 3.63) is 0 Å². The smallest absolute Gasteiger partial charge is 0.297 e. The van der Waals surface area contributed by atoms with E-state index in [1.807, 2.05) is 0 Å². The van der Waals surface area contributed by atoms with E-state index >= 15 is 0 Å². The van der Waals surface area contributed by atoms with E-state index in [-0.39, 0.29) is 0 Å². The topological polar surface area (TPSA) is 52.0 Å². The zero-order valence-corrected chi connectivity index (χ0v) is 16.8. The molecule has 0 unspecified atom stereocenters. The molecule has 0 bridgehead atoms. The van der Waals surface area contributed by atoms with E-state index in [0.717, 1.165) is 12.5 Å². The van der Waals surface area contributed by atoms with Gasteiger partial charge in [-0.05, 0) is 6.04 Å². The van der Waals surface area contributed by atoms with Crippen LogP contribution in [0.2, 0.25) is 6.04 Å². The summed E-state index contributed by atoms with van der Waals surface area (Å²) in [6, 6.07) is 0.854. The van der Waals surface area contributed by atoms with E-state index in [0.29, 0.717) is 0 Å². The largest absolute Gasteiger partial charge is 0.327 e. The van der Waals surface area contributed by atoms with Gasteiger partial charge in [-0.15, -0.1) is 11.1 Å². The minimum absolute atomic E-state index is 0.854. The number of hydrogen-bond donors (Lipinski definition) is 2. The lowest BCUT2D eigenvalue weighted by molar-refractivity contribution is 0.531. The van der Waals surface area contributed by atoms with Gasteiger partial charge in [0.05, 0.1) is 0 Å². The van der Waals surface area contributed by atoms with Crippen LogP contribution in [0.3, 0.4) is 0 Å². The van der Waals surface area contributed by atoms with Gasteiger partial charge < -0.3 is 10.8 Å². The third-order valence-corrected chi connectivity index (χ3v) is 6.10. The molecular formula is C18H41ClN2Si. The van der Waals surface area contributed by atoms with Crippen LogP contribution >= 0.6 is 11.1 Å². The van der Waals surface area contributed by atoms with E-state index in [1.54, 1.807) is 0 Å². The minimum Gasteiger partial charge on any atom is -0.327 e. The van der Waals surface area contributed by atoms with Crippen LogP contribution in [0.5, 0.6) is 0 Å². The highest BCUT2D eigenvalue weighted by atomic mass is 35.6. The second-order valence-corrected chi connectivity index (χ2v) is 11.4. The molecule has 0 rings (SSSR count). The fourth-order valence-corrected chi connectivity index (χ4v) is 4.14. The van der Waals surface area contributed by atoms with Gasteiger partial charge in [0.1, 0.15) is 0 Å². The molecule has 0 heterocycles. The molecular weight excluding hydrogens is 308 g/mol. The van der Waals surface area contributed by atoms with Crippen molar-refractivity contribution in [3.8, 4) is 0 Å². The first kappa shape index (κ1) is 22.4. The van der Waals surface area contributed by atoms with Crippen molar-refractivity contribution in [2.24, 2.45) is 10.8 Å². The third kappa shape index (κ3) is 20.4. The normalized spacial score (nSPS) is 12.0. The summed E-state index contributed by atoms with van der Waals surface area (Å²) in [5.41, 5.74) is 0. The highest BCUT2D eigenvalue weighted by Crippen LogP contribution is 2.15. The molecule has 0 aromatic heterocycles. The summed E-state index contributed by atoms with van der Waals surface area (Å²) in [4.78, 5) is 0. The second kappa shape index (κ2) is 16.3. The van der Waals surface area contributed by atoms with Crippen molar-refractivity contribution >= 4 is 18.8 Å². The summed E-state index contributed by atoms with van der Waals surface area (Å²) in [6.45, 7) is 2.28. The van der Waals surface area contributed by atoms with E-state index in [9.17, 15) is 0 Å². The summed E-state index contributed by atoms with van der Waals surface area (Å²) >= 11 is 5.89. The Bertz CT molecular complexity index is 220. The lowest BCUT2D eigenvalue weighted by Crippen LogP contribution is -2.49. The van der Waals surface area contributed by atoms with Crippen molar-refractivity contribution < 1.29 is 0 Å². The molecule has 0 amide bonds. The summed E-state index contributed by atoms with van der Waals surface area (Å²) in [6.07, 6.45) is 22.2. The molecule has 0 aromatic carbocycles. The Morgan fingerprint density at radius 3 is 1.09 bits per heavy atom. The monoisotopic (exact) mass is 348 g/mol. The molecule has 2 nitrogen and oxygen atoms in total.